The third-order valence-electron chi connectivity index (χ3n) is 4.51. The lowest BCUT2D eigenvalue weighted by Crippen LogP contribution is -2.35. The molecule has 1 aliphatic rings. The van der Waals surface area contributed by atoms with Crippen LogP contribution >= 0.6 is 0 Å². The van der Waals surface area contributed by atoms with Crippen molar-refractivity contribution in [2.24, 2.45) is 5.41 Å². The van der Waals surface area contributed by atoms with Crippen molar-refractivity contribution in [3.05, 3.63) is 35.4 Å². The lowest BCUT2D eigenvalue weighted by atomic mass is 9.97. The van der Waals surface area contributed by atoms with Crippen molar-refractivity contribution in [1.29, 1.82) is 0 Å². The Morgan fingerprint density at radius 2 is 1.84 bits per heavy atom. The Labute approximate surface area is 150 Å². The molecule has 0 saturated carbocycles. The largest absolute Gasteiger partial charge is 0.396 e. The molecule has 5 nitrogen and oxygen atoms in total. The predicted molar refractivity (Wildman–Crippen MR) is 98.6 cm³/mol. The Hall–Kier alpha value is -1.88. The number of amides is 2. The SMILES string of the molecule is CC(C)(C)CNC(=O)c1ccc(C(=O)N2CCCC2CCCO)cc1. The molecular formula is C20H30N2O3. The second kappa shape index (κ2) is 8.48. The number of benzene rings is 1. The van der Waals surface area contributed by atoms with Gasteiger partial charge in [-0.3, -0.25) is 9.59 Å². The molecule has 0 aromatic heterocycles. The number of nitrogens with zero attached hydrogens (tertiary/aromatic N) is 1. The Kier molecular flexibility index (Phi) is 6.59. The maximum absolute atomic E-state index is 12.7. The Morgan fingerprint density at radius 1 is 1.20 bits per heavy atom. The minimum Gasteiger partial charge on any atom is -0.396 e. The van der Waals surface area contributed by atoms with Crippen molar-refractivity contribution in [2.45, 2.75) is 52.5 Å². The van der Waals surface area contributed by atoms with Gasteiger partial charge in [0.15, 0.2) is 0 Å². The topological polar surface area (TPSA) is 69.6 Å². The monoisotopic (exact) mass is 346 g/mol. The molecule has 138 valence electrons. The van der Waals surface area contributed by atoms with Crippen molar-refractivity contribution >= 4 is 11.8 Å². The molecule has 1 aliphatic heterocycles. The molecule has 5 heteroatoms. The van der Waals surface area contributed by atoms with E-state index in [2.05, 4.69) is 26.1 Å². The molecule has 1 aromatic rings. The molecule has 2 rings (SSSR count). The lowest BCUT2D eigenvalue weighted by Gasteiger charge is -2.24. The Morgan fingerprint density at radius 3 is 2.44 bits per heavy atom. The summed E-state index contributed by atoms with van der Waals surface area (Å²) in [5.74, 6) is -0.0991. The molecule has 1 saturated heterocycles. The third-order valence-corrected chi connectivity index (χ3v) is 4.51. The van der Waals surface area contributed by atoms with Crippen LogP contribution in [0, 0.1) is 5.41 Å². The summed E-state index contributed by atoms with van der Waals surface area (Å²) in [5.41, 5.74) is 1.22. The van der Waals surface area contributed by atoms with Gasteiger partial charge in [0.05, 0.1) is 0 Å². The quantitative estimate of drug-likeness (QED) is 0.832. The third kappa shape index (κ3) is 5.56. The zero-order valence-corrected chi connectivity index (χ0v) is 15.5. The summed E-state index contributed by atoms with van der Waals surface area (Å²) in [4.78, 5) is 26.8. The van der Waals surface area contributed by atoms with Crippen LogP contribution in [0.5, 0.6) is 0 Å². The average molecular weight is 346 g/mol. The van der Waals surface area contributed by atoms with Gasteiger partial charge in [0.25, 0.3) is 11.8 Å². The molecule has 0 bridgehead atoms. The summed E-state index contributed by atoms with van der Waals surface area (Å²) < 4.78 is 0. The van der Waals surface area contributed by atoms with Gasteiger partial charge in [0.1, 0.15) is 0 Å². The summed E-state index contributed by atoms with van der Waals surface area (Å²) in [6, 6.07) is 7.11. The van der Waals surface area contributed by atoms with Gasteiger partial charge in [0.2, 0.25) is 0 Å². The normalized spacial score (nSPS) is 17.6. The van der Waals surface area contributed by atoms with Crippen LogP contribution in [0.2, 0.25) is 0 Å². The van der Waals surface area contributed by atoms with Crippen LogP contribution in [0.1, 0.15) is 67.2 Å². The van der Waals surface area contributed by atoms with E-state index in [1.54, 1.807) is 24.3 Å². The van der Waals surface area contributed by atoms with Gasteiger partial charge in [-0.25, -0.2) is 0 Å². The van der Waals surface area contributed by atoms with Crippen LogP contribution in [0.4, 0.5) is 0 Å². The van der Waals surface area contributed by atoms with E-state index in [-0.39, 0.29) is 29.9 Å². The Balaban J connectivity index is 1.99. The van der Waals surface area contributed by atoms with Crippen LogP contribution in [-0.4, -0.2) is 47.6 Å². The number of rotatable bonds is 6. The van der Waals surface area contributed by atoms with Crippen LogP contribution in [-0.2, 0) is 0 Å². The van der Waals surface area contributed by atoms with Gasteiger partial charge >= 0.3 is 0 Å². The maximum atomic E-state index is 12.7. The Bertz CT molecular complexity index is 590. The van der Waals surface area contributed by atoms with E-state index in [1.807, 2.05) is 4.90 Å². The lowest BCUT2D eigenvalue weighted by molar-refractivity contribution is 0.0724. The van der Waals surface area contributed by atoms with Gasteiger partial charge in [-0.05, 0) is 55.4 Å². The first kappa shape index (κ1) is 19.4. The number of hydrogen-bond acceptors (Lipinski definition) is 3. The fraction of sp³-hybridized carbons (Fsp3) is 0.600. The molecule has 0 aliphatic carbocycles. The smallest absolute Gasteiger partial charge is 0.254 e. The van der Waals surface area contributed by atoms with Gasteiger partial charge in [0, 0.05) is 36.9 Å². The molecule has 0 radical (unpaired) electrons. The molecular weight excluding hydrogens is 316 g/mol. The summed E-state index contributed by atoms with van der Waals surface area (Å²) in [5, 5.41) is 11.9. The second-order valence-electron chi connectivity index (χ2n) is 7.98. The van der Waals surface area contributed by atoms with Crippen LogP contribution < -0.4 is 5.32 Å². The van der Waals surface area contributed by atoms with E-state index < -0.39 is 0 Å². The van der Waals surface area contributed by atoms with Crippen LogP contribution in [0.25, 0.3) is 0 Å². The summed E-state index contributed by atoms with van der Waals surface area (Å²) in [7, 11) is 0. The minimum absolute atomic E-state index is 0.0158. The zero-order chi connectivity index (χ0) is 18.4. The van der Waals surface area contributed by atoms with Crippen molar-refractivity contribution in [2.75, 3.05) is 19.7 Å². The predicted octanol–water partition coefficient (Wildman–Crippen LogP) is 2.84. The number of carbonyl (C=O) groups excluding carboxylic acids is 2. The van der Waals surface area contributed by atoms with Crippen molar-refractivity contribution in [3.8, 4) is 0 Å². The molecule has 25 heavy (non-hydrogen) atoms. The van der Waals surface area contributed by atoms with E-state index in [1.165, 1.54) is 0 Å². The highest BCUT2D eigenvalue weighted by Crippen LogP contribution is 2.23. The van der Waals surface area contributed by atoms with Crippen molar-refractivity contribution < 1.29 is 14.7 Å². The van der Waals surface area contributed by atoms with E-state index >= 15 is 0 Å². The molecule has 1 aromatic carbocycles. The first-order chi connectivity index (χ1) is 11.8. The fourth-order valence-electron chi connectivity index (χ4n) is 3.11. The van der Waals surface area contributed by atoms with Crippen LogP contribution in [0.15, 0.2) is 24.3 Å². The zero-order valence-electron chi connectivity index (χ0n) is 15.5. The fourth-order valence-corrected chi connectivity index (χ4v) is 3.11. The molecule has 2 N–H and O–H groups in total. The summed E-state index contributed by atoms with van der Waals surface area (Å²) in [6.07, 6.45) is 3.57. The summed E-state index contributed by atoms with van der Waals surface area (Å²) in [6.45, 7) is 7.74. The van der Waals surface area contributed by atoms with Gasteiger partial charge < -0.3 is 15.3 Å². The molecule has 0 spiro atoms. The molecule has 1 unspecified atom stereocenters. The number of aliphatic hydroxyl groups excluding tert-OH is 1. The highest BCUT2D eigenvalue weighted by molar-refractivity contribution is 5.98. The van der Waals surface area contributed by atoms with E-state index in [0.717, 1.165) is 32.2 Å². The van der Waals surface area contributed by atoms with Gasteiger partial charge in [-0.2, -0.15) is 0 Å². The van der Waals surface area contributed by atoms with Crippen LogP contribution in [0.3, 0.4) is 0 Å². The molecule has 2 amide bonds. The highest BCUT2D eigenvalue weighted by atomic mass is 16.3. The summed E-state index contributed by atoms with van der Waals surface area (Å²) >= 11 is 0. The molecule has 1 heterocycles. The molecule has 1 fully saturated rings. The number of likely N-dealkylation sites (tertiary alicyclic amines) is 1. The first-order valence-corrected chi connectivity index (χ1v) is 9.12. The van der Waals surface area contributed by atoms with Crippen molar-refractivity contribution in [1.82, 2.24) is 10.2 Å². The number of nitrogens with one attached hydrogen (secondary N) is 1. The van der Waals surface area contributed by atoms with E-state index in [9.17, 15) is 9.59 Å². The van der Waals surface area contributed by atoms with E-state index in [4.69, 9.17) is 5.11 Å². The number of hydrogen-bond donors (Lipinski definition) is 2. The molecule has 1 atom stereocenters. The van der Waals surface area contributed by atoms with Gasteiger partial charge in [-0.1, -0.05) is 20.8 Å². The minimum atomic E-state index is -0.115. The second-order valence-corrected chi connectivity index (χ2v) is 7.98. The maximum Gasteiger partial charge on any atom is 0.254 e. The van der Waals surface area contributed by atoms with Crippen molar-refractivity contribution in [3.63, 3.8) is 0 Å². The van der Waals surface area contributed by atoms with E-state index in [0.29, 0.717) is 17.7 Å². The number of carbonyl (C=O) groups is 2. The average Bonchev–Trinajstić information content (AvgIpc) is 3.05. The number of aliphatic hydroxyl groups is 1. The standard InChI is InChI=1S/C20H30N2O3/c1-20(2,3)14-21-18(24)15-8-10-16(11-9-15)19(25)22-12-4-6-17(22)7-5-13-23/h8-11,17,23H,4-7,12-14H2,1-3H3,(H,21,24). The van der Waals surface area contributed by atoms with Gasteiger partial charge in [-0.15, -0.1) is 0 Å². The first-order valence-electron chi connectivity index (χ1n) is 9.12. The highest BCUT2D eigenvalue weighted by Gasteiger charge is 2.28.